The van der Waals surface area contributed by atoms with Gasteiger partial charge >= 0.3 is 0 Å². The van der Waals surface area contributed by atoms with Crippen molar-refractivity contribution in [2.45, 2.75) is 44.9 Å². The lowest BCUT2D eigenvalue weighted by atomic mass is 9.80. The van der Waals surface area contributed by atoms with Crippen LogP contribution >= 0.6 is 0 Å². The molecule has 0 nitrogen and oxygen atoms in total. The zero-order chi connectivity index (χ0) is 14.1. The van der Waals surface area contributed by atoms with E-state index in [1.165, 1.54) is 22.3 Å². The molecular formula is C19H21F. The van der Waals surface area contributed by atoms with Gasteiger partial charge in [-0.2, -0.15) is 0 Å². The number of hydrogen-bond acceptors (Lipinski definition) is 0. The van der Waals surface area contributed by atoms with Gasteiger partial charge in [-0.15, -0.1) is 0 Å². The maximum Gasteiger partial charge on any atom is 0.123 e. The molecule has 0 aromatic heterocycles. The number of hydrogen-bond donors (Lipinski definition) is 0. The number of rotatable bonds is 2. The van der Waals surface area contributed by atoms with E-state index in [0.29, 0.717) is 11.8 Å². The standard InChI is InChI=1S/C19H21F/c1-3-6-17-13(2)19-12-16(20)10-9-15(19)11-14-7-4-5-8-18(14)17/h4-5,7-10,12-13,17H,3,6,11H2,1-2H3/t13-,17+/m1/s1. The quantitative estimate of drug-likeness (QED) is 0.682. The monoisotopic (exact) mass is 268 g/mol. The highest BCUT2D eigenvalue weighted by atomic mass is 19.1. The van der Waals surface area contributed by atoms with Gasteiger partial charge in [0, 0.05) is 0 Å². The van der Waals surface area contributed by atoms with Crippen molar-refractivity contribution in [3.8, 4) is 0 Å². The van der Waals surface area contributed by atoms with Crippen LogP contribution in [0.1, 0.15) is 60.8 Å². The molecule has 3 rings (SSSR count). The summed E-state index contributed by atoms with van der Waals surface area (Å²) in [6.07, 6.45) is 3.25. The van der Waals surface area contributed by atoms with E-state index in [4.69, 9.17) is 0 Å². The van der Waals surface area contributed by atoms with Crippen molar-refractivity contribution in [1.82, 2.24) is 0 Å². The first kappa shape index (κ1) is 13.4. The summed E-state index contributed by atoms with van der Waals surface area (Å²) in [7, 11) is 0. The minimum absolute atomic E-state index is 0.114. The molecule has 1 aliphatic rings. The molecule has 0 bridgehead atoms. The topological polar surface area (TPSA) is 0 Å². The Bertz CT molecular complexity index is 615. The second kappa shape index (κ2) is 5.40. The van der Waals surface area contributed by atoms with Gasteiger partial charge in [0.25, 0.3) is 0 Å². The minimum Gasteiger partial charge on any atom is -0.207 e. The Labute approximate surface area is 120 Å². The average molecular weight is 268 g/mol. The molecule has 0 radical (unpaired) electrons. The molecule has 2 aromatic carbocycles. The van der Waals surface area contributed by atoms with Gasteiger partial charge < -0.3 is 0 Å². The fourth-order valence-corrected chi connectivity index (χ4v) is 3.62. The molecular weight excluding hydrogens is 247 g/mol. The molecule has 20 heavy (non-hydrogen) atoms. The van der Waals surface area contributed by atoms with Crippen molar-refractivity contribution in [2.75, 3.05) is 0 Å². The lowest BCUT2D eigenvalue weighted by Gasteiger charge is -2.24. The van der Waals surface area contributed by atoms with Gasteiger partial charge in [-0.1, -0.05) is 50.6 Å². The highest BCUT2D eigenvalue weighted by Gasteiger charge is 2.27. The first-order valence-electron chi connectivity index (χ1n) is 7.56. The molecule has 0 saturated heterocycles. The van der Waals surface area contributed by atoms with Crippen molar-refractivity contribution in [3.63, 3.8) is 0 Å². The average Bonchev–Trinajstić information content (AvgIpc) is 2.57. The highest BCUT2D eigenvalue weighted by molar-refractivity contribution is 5.45. The molecule has 2 aromatic rings. The molecule has 2 atom stereocenters. The van der Waals surface area contributed by atoms with Gasteiger partial charge in [0.05, 0.1) is 0 Å². The molecule has 0 unspecified atom stereocenters. The Hall–Kier alpha value is -1.63. The summed E-state index contributed by atoms with van der Waals surface area (Å²) in [6, 6.07) is 14.0. The largest absolute Gasteiger partial charge is 0.207 e. The Balaban J connectivity index is 2.16. The van der Waals surface area contributed by atoms with Crippen molar-refractivity contribution >= 4 is 0 Å². The second-order valence-electron chi connectivity index (χ2n) is 5.90. The molecule has 0 spiro atoms. The second-order valence-corrected chi connectivity index (χ2v) is 5.90. The Kier molecular flexibility index (Phi) is 3.60. The van der Waals surface area contributed by atoms with E-state index in [9.17, 15) is 4.39 Å². The third-order valence-electron chi connectivity index (χ3n) is 4.64. The summed E-state index contributed by atoms with van der Waals surface area (Å²) in [5.74, 6) is 0.764. The number of benzene rings is 2. The van der Waals surface area contributed by atoms with Crippen LogP contribution in [0, 0.1) is 5.82 Å². The molecule has 0 aliphatic heterocycles. The smallest absolute Gasteiger partial charge is 0.123 e. The van der Waals surface area contributed by atoms with Crippen molar-refractivity contribution in [3.05, 3.63) is 70.5 Å². The Morgan fingerprint density at radius 2 is 1.80 bits per heavy atom. The van der Waals surface area contributed by atoms with E-state index in [1.807, 2.05) is 6.07 Å². The summed E-state index contributed by atoms with van der Waals surface area (Å²) >= 11 is 0. The fraction of sp³-hybridized carbons (Fsp3) is 0.368. The molecule has 1 heteroatoms. The minimum atomic E-state index is -0.114. The molecule has 0 fully saturated rings. The number of halogens is 1. The van der Waals surface area contributed by atoms with Crippen LogP contribution in [0.4, 0.5) is 4.39 Å². The summed E-state index contributed by atoms with van der Waals surface area (Å²) in [4.78, 5) is 0. The summed E-state index contributed by atoms with van der Waals surface area (Å²) < 4.78 is 13.6. The Morgan fingerprint density at radius 3 is 2.60 bits per heavy atom. The van der Waals surface area contributed by atoms with E-state index in [2.05, 4.69) is 38.1 Å². The normalized spacial score (nSPS) is 20.9. The Morgan fingerprint density at radius 1 is 1.05 bits per heavy atom. The van der Waals surface area contributed by atoms with Gasteiger partial charge in [-0.05, 0) is 59.1 Å². The van der Waals surface area contributed by atoms with Crippen LogP contribution in [-0.2, 0) is 6.42 Å². The van der Waals surface area contributed by atoms with Crippen LogP contribution < -0.4 is 0 Å². The third-order valence-corrected chi connectivity index (χ3v) is 4.64. The highest BCUT2D eigenvalue weighted by Crippen LogP contribution is 2.42. The van der Waals surface area contributed by atoms with Crippen LogP contribution in [0.5, 0.6) is 0 Å². The molecule has 0 saturated carbocycles. The van der Waals surface area contributed by atoms with Crippen molar-refractivity contribution < 1.29 is 4.39 Å². The molecule has 104 valence electrons. The molecule has 0 heterocycles. The maximum atomic E-state index is 13.6. The van der Waals surface area contributed by atoms with E-state index in [-0.39, 0.29) is 5.82 Å². The van der Waals surface area contributed by atoms with Crippen LogP contribution in [0.15, 0.2) is 42.5 Å². The summed E-state index contributed by atoms with van der Waals surface area (Å²) in [5, 5.41) is 0. The molecule has 1 aliphatic carbocycles. The predicted octanol–water partition coefficient (Wildman–Crippen LogP) is 5.42. The van der Waals surface area contributed by atoms with Gasteiger partial charge in [-0.3, -0.25) is 0 Å². The van der Waals surface area contributed by atoms with E-state index >= 15 is 0 Å². The first-order chi connectivity index (χ1) is 9.70. The van der Waals surface area contributed by atoms with E-state index in [0.717, 1.165) is 19.3 Å². The van der Waals surface area contributed by atoms with Gasteiger partial charge in [0.2, 0.25) is 0 Å². The predicted molar refractivity (Wildman–Crippen MR) is 81.7 cm³/mol. The van der Waals surface area contributed by atoms with E-state index in [1.54, 1.807) is 12.1 Å². The zero-order valence-electron chi connectivity index (χ0n) is 12.2. The van der Waals surface area contributed by atoms with Crippen molar-refractivity contribution in [2.24, 2.45) is 0 Å². The van der Waals surface area contributed by atoms with Crippen LogP contribution in [0.3, 0.4) is 0 Å². The van der Waals surface area contributed by atoms with Gasteiger partial charge in [0.1, 0.15) is 5.82 Å². The molecule has 0 N–H and O–H groups in total. The van der Waals surface area contributed by atoms with Crippen LogP contribution in [-0.4, -0.2) is 0 Å². The van der Waals surface area contributed by atoms with Gasteiger partial charge in [-0.25, -0.2) is 4.39 Å². The lowest BCUT2D eigenvalue weighted by molar-refractivity contribution is 0.526. The molecule has 0 amide bonds. The SMILES string of the molecule is CCC[C@@H]1c2ccccc2Cc2ccc(F)cc2[C@@H]1C. The first-order valence-corrected chi connectivity index (χ1v) is 7.56. The number of fused-ring (bicyclic) bond motifs is 2. The van der Waals surface area contributed by atoms with Crippen LogP contribution in [0.25, 0.3) is 0 Å². The summed E-state index contributed by atoms with van der Waals surface area (Å²) in [6.45, 7) is 4.48. The van der Waals surface area contributed by atoms with Crippen LogP contribution in [0.2, 0.25) is 0 Å². The van der Waals surface area contributed by atoms with Crippen molar-refractivity contribution in [1.29, 1.82) is 0 Å². The third kappa shape index (κ3) is 2.26. The summed E-state index contributed by atoms with van der Waals surface area (Å²) in [5.41, 5.74) is 5.34. The maximum absolute atomic E-state index is 13.6. The lowest BCUT2D eigenvalue weighted by Crippen LogP contribution is -2.08. The fourth-order valence-electron chi connectivity index (χ4n) is 3.62. The zero-order valence-corrected chi connectivity index (χ0v) is 12.2. The van der Waals surface area contributed by atoms with Gasteiger partial charge in [0.15, 0.2) is 0 Å². The van der Waals surface area contributed by atoms with E-state index < -0.39 is 0 Å².